The van der Waals surface area contributed by atoms with Crippen molar-refractivity contribution in [1.29, 1.82) is 0 Å². The van der Waals surface area contributed by atoms with Crippen molar-refractivity contribution in [3.05, 3.63) is 534 Å². The number of hydrogen-bond donors (Lipinski definition) is 0. The maximum Gasteiger partial charge on any atom is 0.0726 e. The third-order valence-electron chi connectivity index (χ3n) is 26.1. The standard InChI is InChI=1S/C71H48N2.C49H32BrN/c1-3-15-49(16-4-1)53-31-38-59(39-32-53)73(61-44-37-50-17-7-8-18-56(50)47-61)60-42-35-55(36-43-60)52-29-27-51(28-30-52)54-33-40-58(41-34-54)72(57-19-5-2-6-20-57)62-45-46-66-65-23-11-14-26-69(65)71(70(66)48-62)67-24-12-9-21-63(67)64-22-10-13-25-68(64)71;50-37-26-22-35(23-27-37)33-18-20-34(21-19-33)36-24-28-39(29-25-36)51(38-10-2-1-3-11-38)40-30-31-44-43-14-6-9-17-47(43)49(48(44)32-40)45-15-7-4-12-41(45)42-13-5-8-16-46(42)49/h1-48H;1-32H. The van der Waals surface area contributed by atoms with Crippen LogP contribution >= 0.6 is 15.9 Å². The Balaban J connectivity index is 0.000000153. The van der Waals surface area contributed by atoms with E-state index in [2.05, 4.69) is 516 Å². The van der Waals surface area contributed by atoms with Crippen LogP contribution in [0.2, 0.25) is 0 Å². The van der Waals surface area contributed by atoms with E-state index < -0.39 is 5.41 Å². The summed E-state index contributed by atoms with van der Waals surface area (Å²) in [6, 6.07) is 178. The van der Waals surface area contributed by atoms with Crippen LogP contribution in [-0.2, 0) is 10.8 Å². The zero-order valence-electron chi connectivity index (χ0n) is 67.9. The minimum absolute atomic E-state index is 0.385. The molecule has 20 aromatic carbocycles. The fraction of sp³-hybridized carbons (Fsp3) is 0.0167. The Kier molecular flexibility index (Phi) is 18.2. The molecule has 0 atom stereocenters. The van der Waals surface area contributed by atoms with Crippen LogP contribution in [0.1, 0.15) is 44.5 Å². The molecule has 0 unspecified atom stereocenters. The number of nitrogens with zero attached hydrogens (tertiary/aromatic N) is 3. The molecule has 0 saturated carbocycles. The zero-order chi connectivity index (χ0) is 82.2. The first-order chi connectivity index (χ1) is 61.4. The lowest BCUT2D eigenvalue weighted by Crippen LogP contribution is -2.26. The van der Waals surface area contributed by atoms with Crippen LogP contribution in [-0.4, -0.2) is 0 Å². The molecule has 4 aliphatic carbocycles. The van der Waals surface area contributed by atoms with Crippen LogP contribution in [0.3, 0.4) is 0 Å². The Morgan fingerprint density at radius 2 is 0.339 bits per heavy atom. The number of anilines is 9. The van der Waals surface area contributed by atoms with Crippen LogP contribution < -0.4 is 14.7 Å². The maximum absolute atomic E-state index is 3.55. The molecule has 0 saturated heterocycles. The van der Waals surface area contributed by atoms with Crippen molar-refractivity contribution in [2.75, 3.05) is 14.7 Å². The second kappa shape index (κ2) is 30.7. The van der Waals surface area contributed by atoms with E-state index in [0.717, 1.165) is 55.7 Å². The van der Waals surface area contributed by atoms with Gasteiger partial charge in [0.15, 0.2) is 0 Å². The zero-order valence-corrected chi connectivity index (χ0v) is 69.5. The van der Waals surface area contributed by atoms with Crippen molar-refractivity contribution >= 4 is 77.9 Å². The summed E-state index contributed by atoms with van der Waals surface area (Å²) in [6.45, 7) is 0. The van der Waals surface area contributed by atoms with Crippen molar-refractivity contribution in [2.45, 2.75) is 10.8 Å². The Bertz CT molecular complexity index is 7310. The smallest absolute Gasteiger partial charge is 0.0726 e. The molecule has 0 aliphatic heterocycles. The van der Waals surface area contributed by atoms with Crippen molar-refractivity contribution in [2.24, 2.45) is 0 Å². The second-order valence-electron chi connectivity index (χ2n) is 32.7. The van der Waals surface area contributed by atoms with Gasteiger partial charge in [0.25, 0.3) is 0 Å². The largest absolute Gasteiger partial charge is 0.310 e. The molecule has 2 spiro atoms. The van der Waals surface area contributed by atoms with Gasteiger partial charge in [-0.25, -0.2) is 0 Å². The summed E-state index contributed by atoms with van der Waals surface area (Å²) in [5, 5.41) is 2.44. The topological polar surface area (TPSA) is 9.72 Å². The highest BCUT2D eigenvalue weighted by atomic mass is 79.9. The SMILES string of the molecule is Brc1ccc(-c2ccc(-c3ccc(N(c4ccccc4)c4ccc5c(c4)C4(c6ccccc6-c6ccccc64)c4ccccc4-5)cc3)cc2)cc1.c1ccc(-c2ccc(N(c3ccc(-c4ccc(-c5ccc(N(c6ccccc6)c6ccc7c(c6)C6(c8ccccc8-c8ccccc86)c6ccccc6-7)cc5)cc4)cc3)c3ccc4ccccc4c3)cc2)cc1. The van der Waals surface area contributed by atoms with Crippen molar-refractivity contribution in [3.63, 3.8) is 0 Å². The minimum Gasteiger partial charge on any atom is -0.310 e. The molecule has 4 heteroatoms. The number of hydrogen-bond acceptors (Lipinski definition) is 3. The summed E-state index contributed by atoms with van der Waals surface area (Å²) in [7, 11) is 0. The normalized spacial score (nSPS) is 12.7. The first-order valence-corrected chi connectivity index (χ1v) is 43.5. The molecule has 0 amide bonds. The number of para-hydroxylation sites is 2. The lowest BCUT2D eigenvalue weighted by Gasteiger charge is -2.32. The number of halogens is 1. The first-order valence-electron chi connectivity index (χ1n) is 42.7. The monoisotopic (exact) mass is 1640 g/mol. The van der Waals surface area contributed by atoms with E-state index in [1.54, 1.807) is 0 Å². The molecule has 0 fully saturated rings. The summed E-state index contributed by atoms with van der Waals surface area (Å²) in [4.78, 5) is 7.15. The van der Waals surface area contributed by atoms with Gasteiger partial charge in [-0.1, -0.05) is 380 Å². The molecular weight excluding hydrogens is 1560 g/mol. The highest BCUT2D eigenvalue weighted by molar-refractivity contribution is 9.10. The molecule has 0 heterocycles. The van der Waals surface area contributed by atoms with E-state index in [1.807, 2.05) is 0 Å². The summed E-state index contributed by atoms with van der Waals surface area (Å²) in [5.74, 6) is 0. The van der Waals surface area contributed by atoms with Gasteiger partial charge in [-0.15, -0.1) is 0 Å². The van der Waals surface area contributed by atoms with Crippen LogP contribution in [0.15, 0.2) is 490 Å². The van der Waals surface area contributed by atoms with E-state index in [4.69, 9.17) is 0 Å². The van der Waals surface area contributed by atoms with Gasteiger partial charge in [0.1, 0.15) is 0 Å². The molecule has 0 radical (unpaired) electrons. The highest BCUT2D eigenvalue weighted by Gasteiger charge is 2.53. The molecular formula is C120H80BrN3. The minimum atomic E-state index is -0.413. The molecule has 124 heavy (non-hydrogen) atoms. The third kappa shape index (κ3) is 12.3. The number of benzene rings is 20. The van der Waals surface area contributed by atoms with Gasteiger partial charge in [0.05, 0.1) is 10.8 Å². The summed E-state index contributed by atoms with van der Waals surface area (Å²) in [6.07, 6.45) is 0. The van der Waals surface area contributed by atoms with E-state index >= 15 is 0 Å². The molecule has 3 nitrogen and oxygen atoms in total. The van der Waals surface area contributed by atoms with E-state index in [-0.39, 0.29) is 5.41 Å². The Morgan fingerprint density at radius 3 is 0.645 bits per heavy atom. The van der Waals surface area contributed by atoms with Crippen molar-refractivity contribution in [3.8, 4) is 100 Å². The molecule has 0 bridgehead atoms. The quantitative estimate of drug-likeness (QED) is 0.107. The van der Waals surface area contributed by atoms with Gasteiger partial charge in [-0.3, -0.25) is 0 Å². The molecule has 4 aliphatic rings. The molecule has 20 aromatic rings. The Labute approximate surface area is 732 Å². The van der Waals surface area contributed by atoms with Gasteiger partial charge in [-0.2, -0.15) is 0 Å². The fourth-order valence-corrected chi connectivity index (χ4v) is 20.7. The van der Waals surface area contributed by atoms with Gasteiger partial charge in [0.2, 0.25) is 0 Å². The van der Waals surface area contributed by atoms with Crippen LogP contribution in [0.5, 0.6) is 0 Å². The van der Waals surface area contributed by atoms with Crippen molar-refractivity contribution < 1.29 is 0 Å². The van der Waals surface area contributed by atoms with E-state index in [0.29, 0.717) is 0 Å². The average molecular weight is 1640 g/mol. The Hall–Kier alpha value is -15.5. The highest BCUT2D eigenvalue weighted by Crippen LogP contribution is 2.66. The summed E-state index contributed by atoms with van der Waals surface area (Å²) >= 11 is 3.55. The predicted octanol–water partition coefficient (Wildman–Crippen LogP) is 32.7. The number of fused-ring (bicyclic) bond motifs is 21. The summed E-state index contributed by atoms with van der Waals surface area (Å²) in [5.41, 5.74) is 42.4. The molecule has 582 valence electrons. The lowest BCUT2D eigenvalue weighted by atomic mass is 9.70. The molecule has 0 aromatic heterocycles. The fourth-order valence-electron chi connectivity index (χ4n) is 20.5. The number of rotatable bonds is 14. The Morgan fingerprint density at radius 1 is 0.137 bits per heavy atom. The van der Waals surface area contributed by atoms with Crippen LogP contribution in [0.25, 0.3) is 111 Å². The lowest BCUT2D eigenvalue weighted by molar-refractivity contribution is 0.793. The maximum atomic E-state index is 3.55. The van der Waals surface area contributed by atoms with Crippen molar-refractivity contribution in [1.82, 2.24) is 0 Å². The van der Waals surface area contributed by atoms with E-state index in [9.17, 15) is 0 Å². The second-order valence-corrected chi connectivity index (χ2v) is 33.6. The van der Waals surface area contributed by atoms with Crippen LogP contribution in [0.4, 0.5) is 51.2 Å². The predicted molar refractivity (Wildman–Crippen MR) is 522 cm³/mol. The summed E-state index contributed by atoms with van der Waals surface area (Å²) < 4.78 is 1.09. The molecule has 0 N–H and O–H groups in total. The van der Waals surface area contributed by atoms with E-state index in [1.165, 1.54) is 155 Å². The van der Waals surface area contributed by atoms with Gasteiger partial charge < -0.3 is 14.7 Å². The van der Waals surface area contributed by atoms with Gasteiger partial charge >= 0.3 is 0 Å². The molecule has 24 rings (SSSR count). The first kappa shape index (κ1) is 73.7. The van der Waals surface area contributed by atoms with Gasteiger partial charge in [0, 0.05) is 55.7 Å². The average Bonchev–Trinajstić information content (AvgIpc) is 1.51. The van der Waals surface area contributed by atoms with Crippen LogP contribution in [0, 0.1) is 0 Å². The van der Waals surface area contributed by atoms with Gasteiger partial charge in [-0.05, 0) is 277 Å². The third-order valence-corrected chi connectivity index (χ3v) is 26.6.